The van der Waals surface area contributed by atoms with Crippen LogP contribution in [0.3, 0.4) is 0 Å². The molecular weight excluding hydrogens is 174 g/mol. The molecule has 1 saturated heterocycles. The van der Waals surface area contributed by atoms with E-state index in [9.17, 15) is 0 Å². The Balaban J connectivity index is 1.97. The Morgan fingerprint density at radius 3 is 2.86 bits per heavy atom. The van der Waals surface area contributed by atoms with Crippen LogP contribution in [-0.2, 0) is 6.54 Å². The van der Waals surface area contributed by atoms with E-state index in [4.69, 9.17) is 5.73 Å². The molecule has 1 aliphatic heterocycles. The zero-order valence-electron chi connectivity index (χ0n) is 8.83. The number of pyridine rings is 1. The second-order valence-electron chi connectivity index (χ2n) is 4.57. The molecule has 1 aromatic heterocycles. The van der Waals surface area contributed by atoms with Crippen LogP contribution in [-0.4, -0.2) is 28.5 Å². The lowest BCUT2D eigenvalue weighted by Gasteiger charge is -2.45. The molecule has 76 valence electrons. The summed E-state index contributed by atoms with van der Waals surface area (Å²) in [6, 6.07) is 4.08. The molecule has 3 nitrogen and oxygen atoms in total. The van der Waals surface area contributed by atoms with Gasteiger partial charge in [0.2, 0.25) is 0 Å². The van der Waals surface area contributed by atoms with Gasteiger partial charge in [0.15, 0.2) is 0 Å². The molecule has 2 N–H and O–H groups in total. The van der Waals surface area contributed by atoms with Gasteiger partial charge in [0.1, 0.15) is 0 Å². The molecule has 2 rings (SSSR count). The fourth-order valence-corrected chi connectivity index (χ4v) is 1.98. The first-order valence-corrected chi connectivity index (χ1v) is 4.99. The predicted molar refractivity (Wildman–Crippen MR) is 56.8 cm³/mol. The van der Waals surface area contributed by atoms with Crippen molar-refractivity contribution in [2.75, 3.05) is 13.1 Å². The van der Waals surface area contributed by atoms with Gasteiger partial charge in [-0.2, -0.15) is 0 Å². The van der Waals surface area contributed by atoms with E-state index in [1.54, 1.807) is 0 Å². The van der Waals surface area contributed by atoms with Gasteiger partial charge >= 0.3 is 0 Å². The van der Waals surface area contributed by atoms with Crippen LogP contribution in [0, 0.1) is 6.92 Å². The molecule has 0 bridgehead atoms. The Bertz CT molecular complexity index is 325. The van der Waals surface area contributed by atoms with Crippen molar-refractivity contribution in [3.05, 3.63) is 29.6 Å². The van der Waals surface area contributed by atoms with E-state index in [1.165, 1.54) is 11.3 Å². The topological polar surface area (TPSA) is 42.2 Å². The van der Waals surface area contributed by atoms with Crippen LogP contribution in [0.5, 0.6) is 0 Å². The van der Waals surface area contributed by atoms with Crippen molar-refractivity contribution in [1.29, 1.82) is 0 Å². The first kappa shape index (κ1) is 9.62. The van der Waals surface area contributed by atoms with E-state index >= 15 is 0 Å². The van der Waals surface area contributed by atoms with Gasteiger partial charge in [0, 0.05) is 31.4 Å². The van der Waals surface area contributed by atoms with Crippen molar-refractivity contribution in [2.24, 2.45) is 5.73 Å². The molecule has 2 heterocycles. The van der Waals surface area contributed by atoms with Gasteiger partial charge in [0.25, 0.3) is 0 Å². The van der Waals surface area contributed by atoms with Gasteiger partial charge in [-0.05, 0) is 25.5 Å². The van der Waals surface area contributed by atoms with Crippen molar-refractivity contribution in [2.45, 2.75) is 25.9 Å². The molecule has 1 fully saturated rings. The molecule has 0 amide bonds. The zero-order valence-corrected chi connectivity index (χ0v) is 8.83. The normalized spacial score (nSPS) is 20.5. The van der Waals surface area contributed by atoms with Gasteiger partial charge < -0.3 is 5.73 Å². The van der Waals surface area contributed by atoms with Crippen LogP contribution in [0.15, 0.2) is 18.3 Å². The molecule has 0 aromatic carbocycles. The lowest BCUT2D eigenvalue weighted by atomic mass is 9.93. The summed E-state index contributed by atoms with van der Waals surface area (Å²) in [6.45, 7) is 7.07. The Morgan fingerprint density at radius 1 is 1.57 bits per heavy atom. The smallest absolute Gasteiger partial charge is 0.0573 e. The number of aryl methyl sites for hydroxylation is 1. The number of nitrogens with zero attached hydrogens (tertiary/aromatic N) is 2. The summed E-state index contributed by atoms with van der Waals surface area (Å²) in [7, 11) is 0. The molecule has 0 atom stereocenters. The maximum absolute atomic E-state index is 5.94. The number of aromatic nitrogens is 1. The Hall–Kier alpha value is -0.930. The summed E-state index contributed by atoms with van der Waals surface area (Å²) in [4.78, 5) is 6.69. The van der Waals surface area contributed by atoms with Crippen LogP contribution in [0.1, 0.15) is 18.2 Å². The Kier molecular flexibility index (Phi) is 2.29. The molecule has 0 radical (unpaired) electrons. The quantitative estimate of drug-likeness (QED) is 0.756. The zero-order chi connectivity index (χ0) is 10.2. The van der Waals surface area contributed by atoms with Gasteiger partial charge in [0.05, 0.1) is 5.69 Å². The van der Waals surface area contributed by atoms with E-state index in [2.05, 4.69) is 29.8 Å². The van der Waals surface area contributed by atoms with Gasteiger partial charge in [-0.15, -0.1) is 0 Å². The SMILES string of the molecule is Cc1cccnc1CN1CC(C)(N)C1. The molecule has 0 unspecified atom stereocenters. The number of hydrogen-bond acceptors (Lipinski definition) is 3. The van der Waals surface area contributed by atoms with E-state index in [0.717, 1.165) is 19.6 Å². The standard InChI is InChI=1S/C11H17N3/c1-9-4-3-5-13-10(9)6-14-7-11(2,12)8-14/h3-5H,6-8,12H2,1-2H3. The van der Waals surface area contributed by atoms with Crippen LogP contribution >= 0.6 is 0 Å². The fourth-order valence-electron chi connectivity index (χ4n) is 1.98. The predicted octanol–water partition coefficient (Wildman–Crippen LogP) is 0.923. The maximum atomic E-state index is 5.94. The second kappa shape index (κ2) is 3.33. The first-order valence-electron chi connectivity index (χ1n) is 4.99. The summed E-state index contributed by atoms with van der Waals surface area (Å²) in [5.74, 6) is 0. The van der Waals surface area contributed by atoms with Crippen LogP contribution in [0.4, 0.5) is 0 Å². The van der Waals surface area contributed by atoms with Gasteiger partial charge in [-0.1, -0.05) is 6.07 Å². The Morgan fingerprint density at radius 2 is 2.29 bits per heavy atom. The monoisotopic (exact) mass is 191 g/mol. The number of rotatable bonds is 2. The third-order valence-corrected chi connectivity index (χ3v) is 2.66. The van der Waals surface area contributed by atoms with Gasteiger partial charge in [-0.3, -0.25) is 9.88 Å². The summed E-state index contributed by atoms with van der Waals surface area (Å²) in [5.41, 5.74) is 8.39. The molecule has 0 spiro atoms. The summed E-state index contributed by atoms with van der Waals surface area (Å²) < 4.78 is 0. The van der Waals surface area contributed by atoms with Crippen molar-refractivity contribution < 1.29 is 0 Å². The summed E-state index contributed by atoms with van der Waals surface area (Å²) >= 11 is 0. The Labute approximate surface area is 84.9 Å². The van der Waals surface area contributed by atoms with Crippen LogP contribution in [0.25, 0.3) is 0 Å². The highest BCUT2D eigenvalue weighted by Gasteiger charge is 2.34. The highest BCUT2D eigenvalue weighted by Crippen LogP contribution is 2.19. The summed E-state index contributed by atoms with van der Waals surface area (Å²) in [6.07, 6.45) is 1.85. The molecule has 3 heteroatoms. The molecule has 0 saturated carbocycles. The average molecular weight is 191 g/mol. The first-order chi connectivity index (χ1) is 6.57. The summed E-state index contributed by atoms with van der Waals surface area (Å²) in [5, 5.41) is 0. The van der Waals surface area contributed by atoms with E-state index in [0.29, 0.717) is 0 Å². The van der Waals surface area contributed by atoms with Crippen LogP contribution < -0.4 is 5.73 Å². The third kappa shape index (κ3) is 1.94. The number of nitrogens with two attached hydrogens (primary N) is 1. The molecule has 0 aliphatic carbocycles. The van der Waals surface area contributed by atoms with Gasteiger partial charge in [-0.25, -0.2) is 0 Å². The average Bonchev–Trinajstić information content (AvgIpc) is 2.05. The highest BCUT2D eigenvalue weighted by molar-refractivity contribution is 5.18. The molecule has 1 aromatic rings. The third-order valence-electron chi connectivity index (χ3n) is 2.66. The van der Waals surface area contributed by atoms with Crippen molar-refractivity contribution in [1.82, 2.24) is 9.88 Å². The fraction of sp³-hybridized carbons (Fsp3) is 0.545. The largest absolute Gasteiger partial charge is 0.323 e. The maximum Gasteiger partial charge on any atom is 0.0573 e. The van der Waals surface area contributed by atoms with E-state index in [-0.39, 0.29) is 5.54 Å². The molecule has 1 aliphatic rings. The minimum Gasteiger partial charge on any atom is -0.323 e. The lowest BCUT2D eigenvalue weighted by Crippen LogP contribution is -2.64. The van der Waals surface area contributed by atoms with Crippen molar-refractivity contribution in [3.8, 4) is 0 Å². The highest BCUT2D eigenvalue weighted by atomic mass is 15.2. The number of hydrogen-bond donors (Lipinski definition) is 1. The number of likely N-dealkylation sites (tertiary alicyclic amines) is 1. The van der Waals surface area contributed by atoms with Crippen molar-refractivity contribution in [3.63, 3.8) is 0 Å². The minimum atomic E-state index is 0.0166. The molecular formula is C11H17N3. The molecule has 14 heavy (non-hydrogen) atoms. The van der Waals surface area contributed by atoms with Crippen LogP contribution in [0.2, 0.25) is 0 Å². The lowest BCUT2D eigenvalue weighted by molar-refractivity contribution is 0.0749. The second-order valence-corrected chi connectivity index (χ2v) is 4.57. The van der Waals surface area contributed by atoms with E-state index in [1.807, 2.05) is 12.3 Å². The minimum absolute atomic E-state index is 0.0166. The van der Waals surface area contributed by atoms with Crippen molar-refractivity contribution >= 4 is 0 Å². The van der Waals surface area contributed by atoms with E-state index < -0.39 is 0 Å².